The van der Waals surface area contributed by atoms with Gasteiger partial charge in [-0.2, -0.15) is 10.1 Å². The minimum absolute atomic E-state index is 0.0651. The van der Waals surface area contributed by atoms with Gasteiger partial charge in [0.25, 0.3) is 5.91 Å². The molecule has 1 N–H and O–H groups in total. The van der Waals surface area contributed by atoms with Gasteiger partial charge < -0.3 is 14.2 Å². The minimum atomic E-state index is -0.0651. The Bertz CT molecular complexity index is 598. The fraction of sp³-hybridized carbons (Fsp3) is 0.538. The van der Waals surface area contributed by atoms with Crippen molar-refractivity contribution in [3.8, 4) is 0 Å². The van der Waals surface area contributed by atoms with E-state index in [-0.39, 0.29) is 11.8 Å². The lowest BCUT2D eigenvalue weighted by molar-refractivity contribution is 0.0738. The van der Waals surface area contributed by atoms with Gasteiger partial charge in [-0.3, -0.25) is 4.79 Å². The zero-order valence-electron chi connectivity index (χ0n) is 12.1. The van der Waals surface area contributed by atoms with Crippen molar-refractivity contribution in [3.63, 3.8) is 0 Å². The van der Waals surface area contributed by atoms with Gasteiger partial charge in [-0.25, -0.2) is 10.1 Å². The number of carbonyl (C=O) groups excluding carboxylic acids is 1. The van der Waals surface area contributed by atoms with Crippen LogP contribution in [0, 0.1) is 0 Å². The van der Waals surface area contributed by atoms with E-state index >= 15 is 0 Å². The molecule has 0 saturated carbocycles. The summed E-state index contributed by atoms with van der Waals surface area (Å²) in [6.07, 6.45) is 2.82. The van der Waals surface area contributed by atoms with E-state index in [0.29, 0.717) is 24.5 Å². The van der Waals surface area contributed by atoms with Gasteiger partial charge in [-0.15, -0.1) is 0 Å². The summed E-state index contributed by atoms with van der Waals surface area (Å²) in [7, 11) is 0. The van der Waals surface area contributed by atoms with Crippen LogP contribution in [0.1, 0.15) is 36.0 Å². The Morgan fingerprint density at radius 2 is 2.05 bits per heavy atom. The predicted molar refractivity (Wildman–Crippen MR) is 75.1 cm³/mol. The minimum Gasteiger partial charge on any atom is -0.447 e. The van der Waals surface area contributed by atoms with Crippen molar-refractivity contribution in [1.82, 2.24) is 25.1 Å². The van der Waals surface area contributed by atoms with Crippen molar-refractivity contribution in [2.24, 2.45) is 0 Å². The summed E-state index contributed by atoms with van der Waals surface area (Å²) >= 11 is 0. The first kappa shape index (κ1) is 13.6. The van der Waals surface area contributed by atoms with Crippen molar-refractivity contribution in [2.45, 2.75) is 19.8 Å². The number of carbonyl (C=O) groups is 1. The van der Waals surface area contributed by atoms with E-state index in [1.165, 1.54) is 12.7 Å². The summed E-state index contributed by atoms with van der Waals surface area (Å²) < 4.78 is 5.33. The van der Waals surface area contributed by atoms with Crippen molar-refractivity contribution in [3.05, 3.63) is 24.2 Å². The van der Waals surface area contributed by atoms with E-state index in [0.717, 1.165) is 19.0 Å². The number of nitrogens with one attached hydrogen (secondary N) is 1. The lowest BCUT2D eigenvalue weighted by atomic mass is 10.1. The molecule has 0 spiro atoms. The maximum atomic E-state index is 12.5. The SMILES string of the molecule is CC(C)c1ocnc1C(=O)N1CCN(c2ncn[nH]2)CC1. The number of hydrogen-bond donors (Lipinski definition) is 1. The molecular formula is C13H18N6O2. The first-order valence-electron chi connectivity index (χ1n) is 6.99. The Hall–Kier alpha value is -2.38. The van der Waals surface area contributed by atoms with Gasteiger partial charge in [0.05, 0.1) is 0 Å². The molecule has 112 valence electrons. The van der Waals surface area contributed by atoms with Crippen LogP contribution in [0.3, 0.4) is 0 Å². The highest BCUT2D eigenvalue weighted by Crippen LogP contribution is 2.20. The summed E-state index contributed by atoms with van der Waals surface area (Å²) in [5.74, 6) is 1.47. The third-order valence-corrected chi connectivity index (χ3v) is 3.59. The maximum absolute atomic E-state index is 12.5. The summed E-state index contributed by atoms with van der Waals surface area (Å²) in [5.41, 5.74) is 0.429. The van der Waals surface area contributed by atoms with Crippen molar-refractivity contribution >= 4 is 11.9 Å². The van der Waals surface area contributed by atoms with Gasteiger partial charge in [0.15, 0.2) is 12.1 Å². The van der Waals surface area contributed by atoms with E-state index in [9.17, 15) is 4.79 Å². The highest BCUT2D eigenvalue weighted by atomic mass is 16.3. The highest BCUT2D eigenvalue weighted by Gasteiger charge is 2.27. The van der Waals surface area contributed by atoms with E-state index in [1.807, 2.05) is 13.8 Å². The largest absolute Gasteiger partial charge is 0.447 e. The third-order valence-electron chi connectivity index (χ3n) is 3.59. The predicted octanol–water partition coefficient (Wildman–Crippen LogP) is 0.879. The van der Waals surface area contributed by atoms with Crippen molar-refractivity contribution in [1.29, 1.82) is 0 Å². The molecule has 3 heterocycles. The van der Waals surface area contributed by atoms with E-state index < -0.39 is 0 Å². The monoisotopic (exact) mass is 290 g/mol. The molecule has 1 aliphatic rings. The van der Waals surface area contributed by atoms with Gasteiger partial charge in [-0.05, 0) is 0 Å². The number of nitrogens with zero attached hydrogens (tertiary/aromatic N) is 5. The molecule has 3 rings (SSSR count). The number of hydrogen-bond acceptors (Lipinski definition) is 6. The second-order valence-corrected chi connectivity index (χ2v) is 5.31. The van der Waals surface area contributed by atoms with E-state index in [4.69, 9.17) is 4.42 Å². The van der Waals surface area contributed by atoms with Crippen LogP contribution in [0.15, 0.2) is 17.1 Å². The number of amides is 1. The van der Waals surface area contributed by atoms with Crippen LogP contribution in [-0.4, -0.2) is 57.2 Å². The van der Waals surface area contributed by atoms with Crippen molar-refractivity contribution in [2.75, 3.05) is 31.1 Å². The second-order valence-electron chi connectivity index (χ2n) is 5.31. The Morgan fingerprint density at radius 3 is 2.67 bits per heavy atom. The fourth-order valence-corrected chi connectivity index (χ4v) is 2.45. The van der Waals surface area contributed by atoms with Crippen LogP contribution in [-0.2, 0) is 0 Å². The maximum Gasteiger partial charge on any atom is 0.276 e. The molecule has 2 aromatic rings. The van der Waals surface area contributed by atoms with Crippen LogP contribution in [0.5, 0.6) is 0 Å². The number of aromatic amines is 1. The lowest BCUT2D eigenvalue weighted by Gasteiger charge is -2.34. The number of aromatic nitrogens is 4. The van der Waals surface area contributed by atoms with Gasteiger partial charge in [0, 0.05) is 32.1 Å². The average molecular weight is 290 g/mol. The van der Waals surface area contributed by atoms with Crippen LogP contribution in [0.4, 0.5) is 5.95 Å². The molecule has 1 amide bonds. The molecule has 8 nitrogen and oxygen atoms in total. The van der Waals surface area contributed by atoms with Crippen molar-refractivity contribution < 1.29 is 9.21 Å². The molecular weight excluding hydrogens is 272 g/mol. The zero-order valence-corrected chi connectivity index (χ0v) is 12.1. The molecule has 1 saturated heterocycles. The molecule has 1 fully saturated rings. The zero-order chi connectivity index (χ0) is 14.8. The Kier molecular flexibility index (Phi) is 3.59. The number of piperazine rings is 1. The molecule has 0 radical (unpaired) electrons. The summed E-state index contributed by atoms with van der Waals surface area (Å²) in [6, 6.07) is 0. The standard InChI is InChI=1S/C13H18N6O2/c1-9(2)11-10(15-8-21-11)12(20)18-3-5-19(6-4-18)13-14-7-16-17-13/h7-9H,3-6H2,1-2H3,(H,14,16,17). The molecule has 0 bridgehead atoms. The van der Waals surface area contributed by atoms with Gasteiger partial charge in [0.2, 0.25) is 5.95 Å². The van der Waals surface area contributed by atoms with E-state index in [1.54, 1.807) is 4.90 Å². The van der Waals surface area contributed by atoms with Crippen LogP contribution in [0.25, 0.3) is 0 Å². The Balaban J connectivity index is 1.66. The average Bonchev–Trinajstić information content (AvgIpc) is 3.18. The first-order chi connectivity index (χ1) is 10.2. The molecule has 0 aliphatic carbocycles. The normalized spacial score (nSPS) is 15.8. The molecule has 21 heavy (non-hydrogen) atoms. The van der Waals surface area contributed by atoms with Crippen LogP contribution >= 0.6 is 0 Å². The molecule has 0 atom stereocenters. The number of H-pyrrole nitrogens is 1. The number of anilines is 1. The van der Waals surface area contributed by atoms with Gasteiger partial charge in [-0.1, -0.05) is 13.8 Å². The summed E-state index contributed by atoms with van der Waals surface area (Å²) in [4.78, 5) is 24.6. The first-order valence-corrected chi connectivity index (χ1v) is 6.99. The molecule has 2 aromatic heterocycles. The third kappa shape index (κ3) is 2.61. The molecule has 0 unspecified atom stereocenters. The summed E-state index contributed by atoms with van der Waals surface area (Å²) in [6.45, 7) is 6.66. The quantitative estimate of drug-likeness (QED) is 0.902. The number of oxazole rings is 1. The smallest absolute Gasteiger partial charge is 0.276 e. The second kappa shape index (κ2) is 5.55. The van der Waals surface area contributed by atoms with Gasteiger partial charge in [0.1, 0.15) is 12.1 Å². The topological polar surface area (TPSA) is 91.2 Å². The molecule has 8 heteroatoms. The Morgan fingerprint density at radius 1 is 1.29 bits per heavy atom. The highest BCUT2D eigenvalue weighted by molar-refractivity contribution is 5.93. The lowest BCUT2D eigenvalue weighted by Crippen LogP contribution is -2.49. The fourth-order valence-electron chi connectivity index (χ4n) is 2.45. The van der Waals surface area contributed by atoms with E-state index in [2.05, 4.69) is 25.1 Å². The van der Waals surface area contributed by atoms with Crippen LogP contribution in [0.2, 0.25) is 0 Å². The van der Waals surface area contributed by atoms with Crippen LogP contribution < -0.4 is 4.90 Å². The molecule has 0 aromatic carbocycles. The number of rotatable bonds is 3. The molecule has 1 aliphatic heterocycles. The Labute approximate surface area is 122 Å². The summed E-state index contributed by atoms with van der Waals surface area (Å²) in [5, 5.41) is 6.68. The van der Waals surface area contributed by atoms with Gasteiger partial charge >= 0.3 is 0 Å².